The molecule has 0 aromatic rings. The summed E-state index contributed by atoms with van der Waals surface area (Å²) >= 11 is 0. The van der Waals surface area contributed by atoms with E-state index in [0.717, 1.165) is 13.0 Å². The molecule has 0 bridgehead atoms. The number of hydrogen-bond acceptors (Lipinski definition) is 3. The van der Waals surface area contributed by atoms with Crippen molar-refractivity contribution in [3.8, 4) is 0 Å². The van der Waals surface area contributed by atoms with Gasteiger partial charge in [-0.1, -0.05) is 20.8 Å². The van der Waals surface area contributed by atoms with Crippen LogP contribution in [0.25, 0.3) is 0 Å². The summed E-state index contributed by atoms with van der Waals surface area (Å²) < 4.78 is 5.29. The number of ether oxygens (including phenoxy) is 1. The summed E-state index contributed by atoms with van der Waals surface area (Å²) in [6.45, 7) is 9.66. The van der Waals surface area contributed by atoms with Crippen LogP contribution in [0.15, 0.2) is 0 Å². The molecule has 0 fully saturated rings. The van der Waals surface area contributed by atoms with Crippen molar-refractivity contribution in [1.82, 2.24) is 5.32 Å². The highest BCUT2D eigenvalue weighted by Crippen LogP contribution is 2.02. The van der Waals surface area contributed by atoms with E-state index in [1.54, 1.807) is 6.92 Å². The minimum atomic E-state index is -0.751. The van der Waals surface area contributed by atoms with E-state index in [1.807, 2.05) is 0 Å². The van der Waals surface area contributed by atoms with Crippen LogP contribution in [0.4, 0.5) is 0 Å². The Hall–Kier alpha value is -0.120. The van der Waals surface area contributed by atoms with E-state index in [2.05, 4.69) is 26.1 Å². The first kappa shape index (κ1) is 12.9. The van der Waals surface area contributed by atoms with Gasteiger partial charge in [0.15, 0.2) is 0 Å². The summed E-state index contributed by atoms with van der Waals surface area (Å²) in [5.41, 5.74) is -0.751. The van der Waals surface area contributed by atoms with E-state index < -0.39 is 5.60 Å². The minimum Gasteiger partial charge on any atom is -0.386 e. The molecule has 0 spiro atoms. The Kier molecular flexibility index (Phi) is 6.29. The number of aliphatic hydroxyl groups is 1. The van der Waals surface area contributed by atoms with E-state index in [-0.39, 0.29) is 0 Å². The molecule has 1 unspecified atom stereocenters. The lowest BCUT2D eigenvalue weighted by Gasteiger charge is -2.24. The van der Waals surface area contributed by atoms with Crippen molar-refractivity contribution in [3.05, 3.63) is 0 Å². The zero-order valence-corrected chi connectivity index (χ0v) is 9.26. The molecule has 13 heavy (non-hydrogen) atoms. The summed E-state index contributed by atoms with van der Waals surface area (Å²) in [6, 6.07) is 0.401. The highest BCUT2D eigenvalue weighted by Gasteiger charge is 2.20. The molecule has 0 rings (SSSR count). The van der Waals surface area contributed by atoms with E-state index in [9.17, 15) is 5.11 Å². The SMILES string of the molecule is CCCOCC(C)(O)CNC(C)C. The second kappa shape index (κ2) is 6.35. The third-order valence-electron chi connectivity index (χ3n) is 1.65. The van der Waals surface area contributed by atoms with Gasteiger partial charge in [0.25, 0.3) is 0 Å². The fraction of sp³-hybridized carbons (Fsp3) is 1.00. The van der Waals surface area contributed by atoms with Gasteiger partial charge >= 0.3 is 0 Å². The van der Waals surface area contributed by atoms with E-state index in [4.69, 9.17) is 4.74 Å². The molecule has 0 aliphatic heterocycles. The monoisotopic (exact) mass is 189 g/mol. The lowest BCUT2D eigenvalue weighted by atomic mass is 10.1. The van der Waals surface area contributed by atoms with Crippen molar-refractivity contribution in [2.75, 3.05) is 19.8 Å². The molecule has 0 amide bonds. The van der Waals surface area contributed by atoms with Crippen LogP contribution in [0.1, 0.15) is 34.1 Å². The standard InChI is InChI=1S/C10H23NO2/c1-5-6-13-8-10(4,12)7-11-9(2)3/h9,11-12H,5-8H2,1-4H3. The normalized spacial score (nSPS) is 16.2. The van der Waals surface area contributed by atoms with E-state index >= 15 is 0 Å². The van der Waals surface area contributed by atoms with Crippen LogP contribution in [0, 0.1) is 0 Å². The summed E-state index contributed by atoms with van der Waals surface area (Å²) in [4.78, 5) is 0. The molecule has 80 valence electrons. The first-order chi connectivity index (χ1) is 5.98. The third-order valence-corrected chi connectivity index (χ3v) is 1.65. The van der Waals surface area contributed by atoms with Gasteiger partial charge in [0.1, 0.15) is 0 Å². The van der Waals surface area contributed by atoms with Gasteiger partial charge in [-0.25, -0.2) is 0 Å². The Bertz CT molecular complexity index is 124. The van der Waals surface area contributed by atoms with Crippen molar-refractivity contribution in [2.45, 2.75) is 45.8 Å². The predicted molar refractivity (Wildman–Crippen MR) is 54.9 cm³/mol. The average molecular weight is 189 g/mol. The largest absolute Gasteiger partial charge is 0.386 e. The first-order valence-electron chi connectivity index (χ1n) is 5.01. The zero-order valence-electron chi connectivity index (χ0n) is 9.26. The molecular formula is C10H23NO2. The topological polar surface area (TPSA) is 41.5 Å². The fourth-order valence-corrected chi connectivity index (χ4v) is 0.911. The van der Waals surface area contributed by atoms with Crippen molar-refractivity contribution >= 4 is 0 Å². The van der Waals surface area contributed by atoms with Gasteiger partial charge in [-0.2, -0.15) is 0 Å². The Morgan fingerprint density at radius 1 is 1.46 bits per heavy atom. The van der Waals surface area contributed by atoms with Crippen molar-refractivity contribution < 1.29 is 9.84 Å². The van der Waals surface area contributed by atoms with Crippen LogP contribution in [0.2, 0.25) is 0 Å². The molecule has 0 saturated carbocycles. The number of hydrogen-bond donors (Lipinski definition) is 2. The molecular weight excluding hydrogens is 166 g/mol. The minimum absolute atomic E-state index is 0.401. The van der Waals surface area contributed by atoms with Gasteiger partial charge in [-0.3, -0.25) is 0 Å². The average Bonchev–Trinajstić information content (AvgIpc) is 2.02. The molecule has 0 radical (unpaired) electrons. The van der Waals surface area contributed by atoms with Crippen LogP contribution in [-0.4, -0.2) is 36.5 Å². The van der Waals surface area contributed by atoms with Gasteiger partial charge in [-0.15, -0.1) is 0 Å². The summed E-state index contributed by atoms with van der Waals surface area (Å²) in [5, 5.41) is 13.0. The summed E-state index contributed by atoms with van der Waals surface area (Å²) in [7, 11) is 0. The maximum Gasteiger partial charge on any atom is 0.0975 e. The van der Waals surface area contributed by atoms with Crippen LogP contribution in [0.5, 0.6) is 0 Å². The van der Waals surface area contributed by atoms with Crippen molar-refractivity contribution in [3.63, 3.8) is 0 Å². The molecule has 0 heterocycles. The van der Waals surface area contributed by atoms with Crippen LogP contribution in [0.3, 0.4) is 0 Å². The first-order valence-corrected chi connectivity index (χ1v) is 5.01. The maximum absolute atomic E-state index is 9.80. The van der Waals surface area contributed by atoms with Crippen molar-refractivity contribution in [1.29, 1.82) is 0 Å². The van der Waals surface area contributed by atoms with E-state index in [0.29, 0.717) is 19.2 Å². The van der Waals surface area contributed by atoms with Gasteiger partial charge in [0, 0.05) is 19.2 Å². The molecule has 0 aliphatic carbocycles. The maximum atomic E-state index is 9.80. The Morgan fingerprint density at radius 2 is 2.08 bits per heavy atom. The van der Waals surface area contributed by atoms with Crippen LogP contribution < -0.4 is 5.32 Å². The quantitative estimate of drug-likeness (QED) is 0.591. The summed E-state index contributed by atoms with van der Waals surface area (Å²) in [6.07, 6.45) is 0.994. The fourth-order valence-electron chi connectivity index (χ4n) is 0.911. The van der Waals surface area contributed by atoms with Gasteiger partial charge in [-0.05, 0) is 13.3 Å². The van der Waals surface area contributed by atoms with E-state index in [1.165, 1.54) is 0 Å². The zero-order chi connectivity index (χ0) is 10.3. The molecule has 0 aromatic carbocycles. The third kappa shape index (κ3) is 8.22. The highest BCUT2D eigenvalue weighted by molar-refractivity contribution is 4.75. The molecule has 0 saturated heterocycles. The smallest absolute Gasteiger partial charge is 0.0975 e. The van der Waals surface area contributed by atoms with Crippen molar-refractivity contribution in [2.24, 2.45) is 0 Å². The number of nitrogens with one attached hydrogen (secondary N) is 1. The summed E-state index contributed by atoms with van der Waals surface area (Å²) in [5.74, 6) is 0. The van der Waals surface area contributed by atoms with Crippen LogP contribution >= 0.6 is 0 Å². The molecule has 0 aromatic heterocycles. The predicted octanol–water partition coefficient (Wildman–Crippen LogP) is 1.16. The van der Waals surface area contributed by atoms with Gasteiger partial charge in [0.05, 0.1) is 12.2 Å². The molecule has 3 heteroatoms. The molecule has 3 nitrogen and oxygen atoms in total. The lowest BCUT2D eigenvalue weighted by Crippen LogP contribution is -2.44. The molecule has 2 N–H and O–H groups in total. The molecule has 1 atom stereocenters. The second-order valence-corrected chi connectivity index (χ2v) is 4.09. The molecule has 0 aliphatic rings. The van der Waals surface area contributed by atoms with Gasteiger partial charge in [0.2, 0.25) is 0 Å². The number of rotatable bonds is 7. The Balaban J connectivity index is 3.54. The Morgan fingerprint density at radius 3 is 2.54 bits per heavy atom. The lowest BCUT2D eigenvalue weighted by molar-refractivity contribution is -0.0330. The van der Waals surface area contributed by atoms with Gasteiger partial charge < -0.3 is 15.2 Å². The highest BCUT2D eigenvalue weighted by atomic mass is 16.5. The Labute approximate surface area is 81.5 Å². The van der Waals surface area contributed by atoms with Crippen LogP contribution in [-0.2, 0) is 4.74 Å². The second-order valence-electron chi connectivity index (χ2n) is 4.09.